The van der Waals surface area contributed by atoms with Gasteiger partial charge in [0.15, 0.2) is 0 Å². The Hall–Kier alpha value is -1.86. The smallest absolute Gasteiger partial charge is 0.135 e. The molecular weight excluding hydrogens is 226 g/mol. The number of aromatic nitrogens is 2. The van der Waals surface area contributed by atoms with Crippen molar-refractivity contribution in [2.24, 2.45) is 5.92 Å². The summed E-state index contributed by atoms with van der Waals surface area (Å²) in [6.45, 7) is 5.07. The molecule has 0 radical (unpaired) electrons. The third kappa shape index (κ3) is 2.36. The molecule has 0 aliphatic heterocycles. The van der Waals surface area contributed by atoms with E-state index >= 15 is 0 Å². The van der Waals surface area contributed by atoms with Gasteiger partial charge in [-0.25, -0.2) is 4.98 Å². The first-order chi connectivity index (χ1) is 8.65. The summed E-state index contributed by atoms with van der Waals surface area (Å²) in [7, 11) is 0. The van der Waals surface area contributed by atoms with Gasteiger partial charge in [-0.2, -0.15) is 5.26 Å². The third-order valence-corrected chi connectivity index (χ3v) is 3.03. The van der Waals surface area contributed by atoms with Crippen molar-refractivity contribution in [3.05, 3.63) is 29.6 Å². The maximum Gasteiger partial charge on any atom is 0.135 e. The molecule has 2 aromatic rings. The minimum absolute atomic E-state index is 0.0747. The summed E-state index contributed by atoms with van der Waals surface area (Å²) in [6, 6.07) is 7.56. The van der Waals surface area contributed by atoms with E-state index in [0.717, 1.165) is 24.0 Å². The molecule has 0 unspecified atom stereocenters. The van der Waals surface area contributed by atoms with Crippen molar-refractivity contribution < 1.29 is 5.11 Å². The molecule has 0 saturated carbocycles. The molecule has 0 atom stereocenters. The van der Waals surface area contributed by atoms with E-state index in [1.807, 2.05) is 16.7 Å². The standard InChI is InChI=1S/C14H17N3O/c1-10(2)5-6-17-13-7-11(8-15)3-4-12(13)16-14(17)9-18/h3-4,7,10,18H,5-6,9H2,1-2H3. The van der Waals surface area contributed by atoms with Crippen LogP contribution < -0.4 is 0 Å². The maximum absolute atomic E-state index is 9.36. The molecule has 1 aromatic carbocycles. The molecule has 2 rings (SSSR count). The number of imidazole rings is 1. The SMILES string of the molecule is CC(C)CCn1c(CO)nc2ccc(C#N)cc21. The Morgan fingerprint density at radius 2 is 2.22 bits per heavy atom. The van der Waals surface area contributed by atoms with Crippen LogP contribution in [0.15, 0.2) is 18.2 Å². The second-order valence-corrected chi connectivity index (χ2v) is 4.84. The highest BCUT2D eigenvalue weighted by atomic mass is 16.3. The van der Waals surface area contributed by atoms with Crippen molar-refractivity contribution in [1.29, 1.82) is 5.26 Å². The van der Waals surface area contributed by atoms with Crippen molar-refractivity contribution in [2.45, 2.75) is 33.4 Å². The molecule has 0 saturated heterocycles. The van der Waals surface area contributed by atoms with Gasteiger partial charge in [-0.3, -0.25) is 0 Å². The molecule has 4 heteroatoms. The average Bonchev–Trinajstić information content (AvgIpc) is 2.72. The minimum atomic E-state index is -0.0747. The van der Waals surface area contributed by atoms with E-state index in [4.69, 9.17) is 5.26 Å². The van der Waals surface area contributed by atoms with Crippen LogP contribution in [0.2, 0.25) is 0 Å². The second-order valence-electron chi connectivity index (χ2n) is 4.84. The highest BCUT2D eigenvalue weighted by molar-refractivity contribution is 5.77. The predicted octanol–water partition coefficient (Wildman–Crippen LogP) is 2.45. The quantitative estimate of drug-likeness (QED) is 0.897. The maximum atomic E-state index is 9.36. The summed E-state index contributed by atoms with van der Waals surface area (Å²) in [4.78, 5) is 4.39. The highest BCUT2D eigenvalue weighted by Gasteiger charge is 2.10. The molecule has 0 bridgehead atoms. The molecule has 94 valence electrons. The van der Waals surface area contributed by atoms with E-state index in [9.17, 15) is 5.11 Å². The number of nitrogens with zero attached hydrogens (tertiary/aromatic N) is 3. The first kappa shape index (κ1) is 12.6. The van der Waals surface area contributed by atoms with Crippen LogP contribution in [-0.2, 0) is 13.2 Å². The van der Waals surface area contributed by atoms with Crippen LogP contribution in [-0.4, -0.2) is 14.7 Å². The Labute approximate surface area is 106 Å². The molecular formula is C14H17N3O. The summed E-state index contributed by atoms with van der Waals surface area (Å²) in [5.74, 6) is 1.26. The van der Waals surface area contributed by atoms with E-state index in [1.54, 1.807) is 6.07 Å². The molecule has 1 aromatic heterocycles. The lowest BCUT2D eigenvalue weighted by atomic mass is 10.1. The van der Waals surface area contributed by atoms with E-state index in [0.29, 0.717) is 17.3 Å². The Morgan fingerprint density at radius 1 is 1.44 bits per heavy atom. The Morgan fingerprint density at radius 3 is 2.83 bits per heavy atom. The van der Waals surface area contributed by atoms with Crippen molar-refractivity contribution in [3.8, 4) is 6.07 Å². The predicted molar refractivity (Wildman–Crippen MR) is 69.8 cm³/mol. The van der Waals surface area contributed by atoms with Crippen LogP contribution >= 0.6 is 0 Å². The normalized spacial score (nSPS) is 11.1. The van der Waals surface area contributed by atoms with Gasteiger partial charge < -0.3 is 9.67 Å². The van der Waals surface area contributed by atoms with E-state index in [2.05, 4.69) is 24.9 Å². The van der Waals surface area contributed by atoms with E-state index < -0.39 is 0 Å². The van der Waals surface area contributed by atoms with Crippen LogP contribution in [0, 0.1) is 17.2 Å². The second kappa shape index (κ2) is 5.19. The minimum Gasteiger partial charge on any atom is -0.388 e. The fraction of sp³-hybridized carbons (Fsp3) is 0.429. The van der Waals surface area contributed by atoms with Crippen LogP contribution in [0.5, 0.6) is 0 Å². The lowest BCUT2D eigenvalue weighted by molar-refractivity contribution is 0.264. The number of aryl methyl sites for hydroxylation is 1. The number of nitriles is 1. The highest BCUT2D eigenvalue weighted by Crippen LogP contribution is 2.19. The summed E-state index contributed by atoms with van der Waals surface area (Å²) in [6.07, 6.45) is 1.02. The van der Waals surface area contributed by atoms with Gasteiger partial charge in [0.05, 0.1) is 22.7 Å². The van der Waals surface area contributed by atoms with Crippen molar-refractivity contribution in [3.63, 3.8) is 0 Å². The van der Waals surface area contributed by atoms with Crippen molar-refractivity contribution >= 4 is 11.0 Å². The first-order valence-corrected chi connectivity index (χ1v) is 6.16. The molecule has 0 fully saturated rings. The molecule has 4 nitrogen and oxygen atoms in total. The number of hydrogen-bond donors (Lipinski definition) is 1. The lowest BCUT2D eigenvalue weighted by Crippen LogP contribution is -2.06. The molecule has 0 spiro atoms. The number of aliphatic hydroxyl groups excluding tert-OH is 1. The number of fused-ring (bicyclic) bond motifs is 1. The van der Waals surface area contributed by atoms with Crippen molar-refractivity contribution in [2.75, 3.05) is 0 Å². The monoisotopic (exact) mass is 243 g/mol. The van der Waals surface area contributed by atoms with Gasteiger partial charge in [-0.1, -0.05) is 13.8 Å². The molecule has 0 amide bonds. The van der Waals surface area contributed by atoms with Crippen LogP contribution in [0.1, 0.15) is 31.7 Å². The summed E-state index contributed by atoms with van der Waals surface area (Å²) >= 11 is 0. The Balaban J connectivity index is 2.49. The fourth-order valence-corrected chi connectivity index (χ4v) is 2.00. The molecule has 0 aliphatic rings. The average molecular weight is 243 g/mol. The number of rotatable bonds is 4. The van der Waals surface area contributed by atoms with Gasteiger partial charge in [0, 0.05) is 6.54 Å². The number of benzene rings is 1. The van der Waals surface area contributed by atoms with E-state index in [1.165, 1.54) is 0 Å². The lowest BCUT2D eigenvalue weighted by Gasteiger charge is -2.09. The van der Waals surface area contributed by atoms with Gasteiger partial charge >= 0.3 is 0 Å². The first-order valence-electron chi connectivity index (χ1n) is 6.16. The molecule has 18 heavy (non-hydrogen) atoms. The molecule has 0 aliphatic carbocycles. The van der Waals surface area contributed by atoms with Crippen LogP contribution in [0.25, 0.3) is 11.0 Å². The zero-order valence-electron chi connectivity index (χ0n) is 10.7. The topological polar surface area (TPSA) is 61.8 Å². The summed E-state index contributed by atoms with van der Waals surface area (Å²) in [5.41, 5.74) is 2.39. The summed E-state index contributed by atoms with van der Waals surface area (Å²) < 4.78 is 2.01. The van der Waals surface area contributed by atoms with Gasteiger partial charge in [0.25, 0.3) is 0 Å². The van der Waals surface area contributed by atoms with Crippen LogP contribution in [0.4, 0.5) is 0 Å². The Bertz CT molecular complexity index is 593. The van der Waals surface area contributed by atoms with Gasteiger partial charge in [-0.05, 0) is 30.5 Å². The zero-order valence-corrected chi connectivity index (χ0v) is 10.7. The molecule has 1 N–H and O–H groups in total. The fourth-order valence-electron chi connectivity index (χ4n) is 2.00. The van der Waals surface area contributed by atoms with Crippen molar-refractivity contribution in [1.82, 2.24) is 9.55 Å². The zero-order chi connectivity index (χ0) is 13.1. The van der Waals surface area contributed by atoms with E-state index in [-0.39, 0.29) is 6.61 Å². The van der Waals surface area contributed by atoms with Gasteiger partial charge in [0.2, 0.25) is 0 Å². The number of aliphatic hydroxyl groups is 1. The Kier molecular flexibility index (Phi) is 3.63. The van der Waals surface area contributed by atoms with Gasteiger partial charge in [-0.15, -0.1) is 0 Å². The summed E-state index contributed by atoms with van der Waals surface area (Å²) in [5, 5.41) is 18.3. The largest absolute Gasteiger partial charge is 0.388 e. The van der Waals surface area contributed by atoms with Crippen LogP contribution in [0.3, 0.4) is 0 Å². The number of hydrogen-bond acceptors (Lipinski definition) is 3. The molecule has 1 heterocycles. The third-order valence-electron chi connectivity index (χ3n) is 3.03. The van der Waals surface area contributed by atoms with Gasteiger partial charge in [0.1, 0.15) is 12.4 Å².